The number of hydrogen-bond acceptors (Lipinski definition) is 1. The van der Waals surface area contributed by atoms with E-state index in [4.69, 9.17) is 5.26 Å². The lowest BCUT2D eigenvalue weighted by atomic mass is 9.96. The normalized spacial score (nSPS) is 10.7. The van der Waals surface area contributed by atoms with Crippen LogP contribution in [0.5, 0.6) is 0 Å². The first-order valence-corrected chi connectivity index (χ1v) is 5.58. The molecule has 100 valence electrons. The van der Waals surface area contributed by atoms with Gasteiger partial charge in [0.1, 0.15) is 11.4 Å². The van der Waals surface area contributed by atoms with Crippen LogP contribution in [-0.2, 0) is 6.18 Å². The zero-order valence-electron chi connectivity index (χ0n) is 10.7. The van der Waals surface area contributed by atoms with Crippen molar-refractivity contribution in [3.63, 3.8) is 0 Å². The molecule has 18 heavy (non-hydrogen) atoms. The van der Waals surface area contributed by atoms with E-state index < -0.39 is 23.1 Å². The topological polar surface area (TPSA) is 23.8 Å². The number of hydrogen-bond donors (Lipinski definition) is 0. The summed E-state index contributed by atoms with van der Waals surface area (Å²) in [6, 6.07) is 3.57. The monoisotopic (exact) mass is 261 g/mol. The highest BCUT2D eigenvalue weighted by Gasteiger charge is 2.38. The zero-order valence-corrected chi connectivity index (χ0v) is 10.7. The van der Waals surface area contributed by atoms with Crippen molar-refractivity contribution in [1.29, 1.82) is 5.26 Å². The van der Waals surface area contributed by atoms with Gasteiger partial charge in [0.2, 0.25) is 0 Å². The molecular weight excluding hydrogens is 246 g/mol. The van der Waals surface area contributed by atoms with Crippen LogP contribution >= 0.6 is 0 Å². The van der Waals surface area contributed by atoms with E-state index >= 15 is 0 Å². The van der Waals surface area contributed by atoms with Crippen LogP contribution < -0.4 is 0 Å². The molecule has 0 amide bonds. The first-order valence-electron chi connectivity index (χ1n) is 5.58. The van der Waals surface area contributed by atoms with Crippen LogP contribution in [0.25, 0.3) is 0 Å². The molecule has 0 unspecified atom stereocenters. The molecule has 0 aliphatic carbocycles. The Labute approximate surface area is 104 Å². The summed E-state index contributed by atoms with van der Waals surface area (Å²) >= 11 is 0. The number of nitrogens with zero attached hydrogens (tertiary/aromatic N) is 1. The van der Waals surface area contributed by atoms with E-state index in [1.165, 1.54) is 12.1 Å². The molecule has 1 rings (SSSR count). The highest BCUT2D eigenvalue weighted by Crippen LogP contribution is 2.36. The van der Waals surface area contributed by atoms with Crippen molar-refractivity contribution in [3.8, 4) is 6.07 Å². The van der Waals surface area contributed by atoms with Crippen LogP contribution in [0.3, 0.4) is 0 Å². The molecule has 5 heteroatoms. The Morgan fingerprint density at radius 3 is 2.00 bits per heavy atom. The minimum absolute atomic E-state index is 0.0358. The second-order valence-electron chi connectivity index (χ2n) is 3.66. The van der Waals surface area contributed by atoms with Crippen molar-refractivity contribution in [3.05, 3.63) is 34.6 Å². The number of rotatable bonds is 1. The van der Waals surface area contributed by atoms with E-state index in [0.717, 1.165) is 6.07 Å². The highest BCUT2D eigenvalue weighted by atomic mass is 19.4. The molecule has 1 aromatic carbocycles. The first-order chi connectivity index (χ1) is 8.29. The van der Waals surface area contributed by atoms with E-state index in [0.29, 0.717) is 0 Å². The summed E-state index contributed by atoms with van der Waals surface area (Å²) in [5.41, 5.74) is -2.19. The molecule has 0 fully saturated rings. The Hall–Kier alpha value is -1.57. The number of alkyl halides is 3. The molecule has 0 spiro atoms. The third-order valence-electron chi connectivity index (χ3n) is 2.20. The van der Waals surface area contributed by atoms with Crippen LogP contribution in [0.1, 0.15) is 50.3 Å². The molecule has 0 aliphatic heterocycles. The molecule has 0 aromatic heterocycles. The average Bonchev–Trinajstić information content (AvgIpc) is 2.28. The highest BCUT2D eigenvalue weighted by molar-refractivity contribution is 5.44. The maximum atomic E-state index is 13.6. The first kappa shape index (κ1) is 16.4. The predicted octanol–water partition coefficient (Wildman–Crippen LogP) is 4.87. The van der Waals surface area contributed by atoms with Gasteiger partial charge >= 0.3 is 6.18 Å². The van der Waals surface area contributed by atoms with Gasteiger partial charge in [-0.15, -0.1) is 0 Å². The van der Waals surface area contributed by atoms with Crippen LogP contribution in [0.15, 0.2) is 12.1 Å². The molecule has 1 aromatic rings. The number of halogens is 4. The van der Waals surface area contributed by atoms with Gasteiger partial charge in [-0.3, -0.25) is 0 Å². The predicted molar refractivity (Wildman–Crippen MR) is 61.6 cm³/mol. The molecule has 0 aliphatic rings. The smallest absolute Gasteiger partial charge is 0.206 e. The lowest BCUT2D eigenvalue weighted by Crippen LogP contribution is -2.13. The Balaban J connectivity index is 0.00000137. The third-order valence-corrected chi connectivity index (χ3v) is 2.20. The number of benzene rings is 1. The molecule has 1 nitrogen and oxygen atoms in total. The van der Waals surface area contributed by atoms with Gasteiger partial charge in [0.05, 0.1) is 11.6 Å². The van der Waals surface area contributed by atoms with Crippen molar-refractivity contribution in [2.24, 2.45) is 0 Å². The second-order valence-corrected chi connectivity index (χ2v) is 3.66. The van der Waals surface area contributed by atoms with E-state index in [9.17, 15) is 17.6 Å². The third kappa shape index (κ3) is 3.46. The van der Waals surface area contributed by atoms with E-state index in [1.807, 2.05) is 13.8 Å². The molecular formula is C13H15F4N. The average molecular weight is 261 g/mol. The van der Waals surface area contributed by atoms with E-state index in [1.54, 1.807) is 13.8 Å². The standard InChI is InChI=1S/C11H9F4N.C2H6/c1-6(2)8-4-3-7(5-16)9(10(8)12)11(13,14)15;1-2/h3-4,6H,1-2H3;1-2H3. The summed E-state index contributed by atoms with van der Waals surface area (Å²) < 4.78 is 51.2. The van der Waals surface area contributed by atoms with Crippen molar-refractivity contribution in [2.45, 2.75) is 39.8 Å². The lowest BCUT2D eigenvalue weighted by molar-refractivity contribution is -0.140. The molecule has 0 heterocycles. The fourth-order valence-electron chi connectivity index (χ4n) is 1.41. The summed E-state index contributed by atoms with van der Waals surface area (Å²) in [5.74, 6) is -1.71. The summed E-state index contributed by atoms with van der Waals surface area (Å²) in [6.07, 6.45) is -4.85. The SMILES string of the molecule is CC.CC(C)c1ccc(C#N)c(C(F)(F)F)c1F. The van der Waals surface area contributed by atoms with Gasteiger partial charge in [-0.05, 0) is 17.5 Å². The Morgan fingerprint density at radius 1 is 1.17 bits per heavy atom. The maximum absolute atomic E-state index is 13.6. The quantitative estimate of drug-likeness (QED) is 0.662. The van der Waals surface area contributed by atoms with Crippen molar-refractivity contribution < 1.29 is 17.6 Å². The molecule has 0 N–H and O–H groups in total. The minimum Gasteiger partial charge on any atom is -0.206 e. The van der Waals surface area contributed by atoms with Gasteiger partial charge in [0.25, 0.3) is 0 Å². The van der Waals surface area contributed by atoms with Gasteiger partial charge in [-0.1, -0.05) is 33.8 Å². The Kier molecular flexibility index (Phi) is 5.83. The fraction of sp³-hybridized carbons (Fsp3) is 0.462. The van der Waals surface area contributed by atoms with Crippen LogP contribution in [0.2, 0.25) is 0 Å². The molecule has 0 saturated carbocycles. The summed E-state index contributed by atoms with van der Waals surface area (Å²) in [6.45, 7) is 7.18. The minimum atomic E-state index is -4.85. The summed E-state index contributed by atoms with van der Waals surface area (Å²) in [7, 11) is 0. The van der Waals surface area contributed by atoms with Crippen LogP contribution in [-0.4, -0.2) is 0 Å². The number of nitriles is 1. The maximum Gasteiger partial charge on any atom is 0.420 e. The second kappa shape index (κ2) is 6.39. The molecule has 0 radical (unpaired) electrons. The van der Waals surface area contributed by atoms with E-state index in [-0.39, 0.29) is 11.5 Å². The van der Waals surface area contributed by atoms with Gasteiger partial charge in [0.15, 0.2) is 0 Å². The largest absolute Gasteiger partial charge is 0.420 e. The summed E-state index contributed by atoms with van der Waals surface area (Å²) in [4.78, 5) is 0. The molecule has 0 atom stereocenters. The Morgan fingerprint density at radius 2 is 1.67 bits per heavy atom. The lowest BCUT2D eigenvalue weighted by Gasteiger charge is -2.14. The van der Waals surface area contributed by atoms with Gasteiger partial charge in [-0.25, -0.2) is 4.39 Å². The van der Waals surface area contributed by atoms with Crippen molar-refractivity contribution in [2.75, 3.05) is 0 Å². The van der Waals surface area contributed by atoms with Gasteiger partial charge < -0.3 is 0 Å². The summed E-state index contributed by atoms with van der Waals surface area (Å²) in [5, 5.41) is 8.52. The van der Waals surface area contributed by atoms with Gasteiger partial charge in [0, 0.05) is 0 Å². The van der Waals surface area contributed by atoms with E-state index in [2.05, 4.69) is 0 Å². The van der Waals surface area contributed by atoms with Crippen LogP contribution in [0, 0.1) is 17.1 Å². The Bertz CT molecular complexity index is 442. The van der Waals surface area contributed by atoms with Gasteiger partial charge in [-0.2, -0.15) is 18.4 Å². The molecule has 0 bridgehead atoms. The van der Waals surface area contributed by atoms with Crippen LogP contribution in [0.4, 0.5) is 17.6 Å². The molecule has 0 saturated heterocycles. The fourth-order valence-corrected chi connectivity index (χ4v) is 1.41. The van der Waals surface area contributed by atoms with Crippen molar-refractivity contribution in [1.82, 2.24) is 0 Å². The van der Waals surface area contributed by atoms with Crippen molar-refractivity contribution >= 4 is 0 Å². The zero-order chi connectivity index (χ0) is 14.5.